The van der Waals surface area contributed by atoms with Crippen LogP contribution < -0.4 is 4.74 Å². The summed E-state index contributed by atoms with van der Waals surface area (Å²) < 4.78 is 23.8. The number of hydrogen-bond donors (Lipinski definition) is 0. The maximum atomic E-state index is 13.8. The Morgan fingerprint density at radius 2 is 1.74 bits per heavy atom. The third-order valence-corrected chi connectivity index (χ3v) is 3.39. The quantitative estimate of drug-likeness (QED) is 0.625. The minimum absolute atomic E-state index is 0.241. The summed E-state index contributed by atoms with van der Waals surface area (Å²) in [5.41, 5.74) is 1.21. The maximum Gasteiger partial charge on any atom is 0.341 e. The maximum absolute atomic E-state index is 13.8. The van der Waals surface area contributed by atoms with Crippen molar-refractivity contribution in [2.24, 2.45) is 0 Å². The molecule has 23 heavy (non-hydrogen) atoms. The molecule has 0 saturated heterocycles. The Morgan fingerprint density at radius 1 is 1.09 bits per heavy atom. The Morgan fingerprint density at radius 3 is 2.30 bits per heavy atom. The highest BCUT2D eigenvalue weighted by atomic mass is 19.1. The van der Waals surface area contributed by atoms with Crippen LogP contribution in [0.4, 0.5) is 4.39 Å². The van der Waals surface area contributed by atoms with E-state index in [9.17, 15) is 14.0 Å². The number of rotatable bonds is 5. The molecule has 1 atom stereocenters. The van der Waals surface area contributed by atoms with Gasteiger partial charge in [-0.25, -0.2) is 9.18 Å². The number of halogens is 1. The first-order valence-corrected chi connectivity index (χ1v) is 7.07. The first kappa shape index (κ1) is 16.7. The second kappa shape index (κ2) is 7.05. The van der Waals surface area contributed by atoms with Gasteiger partial charge < -0.3 is 9.47 Å². The molecule has 0 radical (unpaired) electrons. The van der Waals surface area contributed by atoms with E-state index in [0.717, 1.165) is 11.6 Å². The van der Waals surface area contributed by atoms with Crippen LogP contribution in [0.1, 0.15) is 33.2 Å². The predicted molar refractivity (Wildman–Crippen MR) is 83.3 cm³/mol. The van der Waals surface area contributed by atoms with Crippen LogP contribution in [-0.4, -0.2) is 25.0 Å². The van der Waals surface area contributed by atoms with E-state index in [1.165, 1.54) is 26.2 Å². The molecule has 2 aromatic carbocycles. The predicted octanol–water partition coefficient (Wildman–Crippen LogP) is 3.57. The summed E-state index contributed by atoms with van der Waals surface area (Å²) in [6.45, 7) is 3.37. The molecule has 2 aromatic rings. The van der Waals surface area contributed by atoms with E-state index in [-0.39, 0.29) is 11.3 Å². The van der Waals surface area contributed by atoms with Gasteiger partial charge in [-0.2, -0.15) is 0 Å². The highest BCUT2D eigenvalue weighted by Gasteiger charge is 2.22. The Bertz CT molecular complexity index is 722. The molecule has 0 fully saturated rings. The van der Waals surface area contributed by atoms with Crippen molar-refractivity contribution in [1.82, 2.24) is 0 Å². The topological polar surface area (TPSA) is 52.6 Å². The fourth-order valence-corrected chi connectivity index (χ4v) is 2.02. The van der Waals surface area contributed by atoms with Gasteiger partial charge in [-0.15, -0.1) is 0 Å². The van der Waals surface area contributed by atoms with Crippen molar-refractivity contribution in [3.05, 3.63) is 65.0 Å². The van der Waals surface area contributed by atoms with Crippen LogP contribution in [0.15, 0.2) is 42.5 Å². The molecule has 0 aliphatic carbocycles. The lowest BCUT2D eigenvalue weighted by Gasteiger charge is -2.13. The van der Waals surface area contributed by atoms with Gasteiger partial charge in [0.25, 0.3) is 0 Å². The van der Waals surface area contributed by atoms with Crippen molar-refractivity contribution in [1.29, 1.82) is 0 Å². The Hall–Kier alpha value is -2.69. The number of carbonyl (C=O) groups excluding carboxylic acids is 2. The third kappa shape index (κ3) is 3.94. The highest BCUT2D eigenvalue weighted by Crippen LogP contribution is 2.18. The number of aryl methyl sites for hydroxylation is 1. The smallest absolute Gasteiger partial charge is 0.341 e. The number of methoxy groups -OCH3 is 1. The second-order valence-electron chi connectivity index (χ2n) is 5.12. The summed E-state index contributed by atoms with van der Waals surface area (Å²) in [7, 11) is 1.40. The number of hydrogen-bond acceptors (Lipinski definition) is 4. The molecule has 0 bridgehead atoms. The average Bonchev–Trinajstić information content (AvgIpc) is 2.54. The molecule has 0 aliphatic rings. The lowest BCUT2D eigenvalue weighted by Crippen LogP contribution is -2.25. The van der Waals surface area contributed by atoms with Crippen LogP contribution in [0, 0.1) is 12.7 Å². The molecule has 0 unspecified atom stereocenters. The van der Waals surface area contributed by atoms with Crippen LogP contribution in [0.3, 0.4) is 0 Å². The lowest BCUT2D eigenvalue weighted by atomic mass is 10.1. The second-order valence-corrected chi connectivity index (χ2v) is 5.12. The van der Waals surface area contributed by atoms with Gasteiger partial charge in [0.2, 0.25) is 5.78 Å². The van der Waals surface area contributed by atoms with E-state index in [2.05, 4.69) is 0 Å². The normalized spacial score (nSPS) is 11.7. The summed E-state index contributed by atoms with van der Waals surface area (Å²) in [5.74, 6) is -1.70. The van der Waals surface area contributed by atoms with Crippen molar-refractivity contribution in [2.45, 2.75) is 20.0 Å². The van der Waals surface area contributed by atoms with E-state index in [0.29, 0.717) is 11.3 Å². The van der Waals surface area contributed by atoms with Crippen molar-refractivity contribution in [3.8, 4) is 5.75 Å². The standard InChI is InChI=1S/C18H17FO4/c1-11-4-6-13(7-5-11)17(20)12(2)23-18(21)15-9-8-14(22-3)10-16(15)19/h4-10,12H,1-3H3/t12-/m1/s1. The summed E-state index contributed by atoms with van der Waals surface area (Å²) in [4.78, 5) is 24.2. The van der Waals surface area contributed by atoms with Crippen molar-refractivity contribution >= 4 is 11.8 Å². The van der Waals surface area contributed by atoms with Gasteiger partial charge in [0.15, 0.2) is 6.10 Å². The summed E-state index contributed by atoms with van der Waals surface area (Å²) in [6, 6.07) is 10.7. The zero-order chi connectivity index (χ0) is 17.0. The van der Waals surface area contributed by atoms with Crippen LogP contribution >= 0.6 is 0 Å². The molecule has 0 saturated carbocycles. The van der Waals surface area contributed by atoms with Gasteiger partial charge in [0.05, 0.1) is 12.7 Å². The van der Waals surface area contributed by atoms with Crippen LogP contribution in [0.5, 0.6) is 5.75 Å². The third-order valence-electron chi connectivity index (χ3n) is 3.39. The Balaban J connectivity index is 2.10. The van der Waals surface area contributed by atoms with Gasteiger partial charge in [-0.1, -0.05) is 29.8 Å². The molecule has 2 rings (SSSR count). The van der Waals surface area contributed by atoms with Crippen molar-refractivity contribution < 1.29 is 23.5 Å². The van der Waals surface area contributed by atoms with Crippen LogP contribution in [0.2, 0.25) is 0 Å². The largest absolute Gasteiger partial charge is 0.497 e. The molecular weight excluding hydrogens is 299 g/mol. The average molecular weight is 316 g/mol. The summed E-state index contributed by atoms with van der Waals surface area (Å²) in [5, 5.41) is 0. The van der Waals surface area contributed by atoms with E-state index >= 15 is 0 Å². The molecule has 5 heteroatoms. The fraction of sp³-hybridized carbons (Fsp3) is 0.222. The first-order chi connectivity index (χ1) is 10.9. The molecule has 0 aromatic heterocycles. The summed E-state index contributed by atoms with van der Waals surface area (Å²) in [6.07, 6.45) is -1.01. The lowest BCUT2D eigenvalue weighted by molar-refractivity contribution is 0.0314. The van der Waals surface area contributed by atoms with E-state index < -0.39 is 17.9 Å². The molecule has 0 N–H and O–H groups in total. The number of esters is 1. The highest BCUT2D eigenvalue weighted by molar-refractivity contribution is 6.01. The molecule has 0 heterocycles. The summed E-state index contributed by atoms with van der Waals surface area (Å²) >= 11 is 0. The van der Waals surface area contributed by atoms with Gasteiger partial charge in [-0.3, -0.25) is 4.79 Å². The van der Waals surface area contributed by atoms with Gasteiger partial charge in [0.1, 0.15) is 11.6 Å². The molecule has 0 spiro atoms. The van der Waals surface area contributed by atoms with Crippen LogP contribution in [0.25, 0.3) is 0 Å². The Labute approximate surface area is 133 Å². The number of carbonyl (C=O) groups is 2. The number of benzene rings is 2. The van der Waals surface area contributed by atoms with Crippen LogP contribution in [-0.2, 0) is 4.74 Å². The van der Waals surface area contributed by atoms with E-state index in [4.69, 9.17) is 9.47 Å². The number of Topliss-reactive ketones (excluding diaryl/α,β-unsaturated/α-hetero) is 1. The fourth-order valence-electron chi connectivity index (χ4n) is 2.02. The van der Waals surface area contributed by atoms with Crippen molar-refractivity contribution in [3.63, 3.8) is 0 Å². The zero-order valence-electron chi connectivity index (χ0n) is 13.1. The minimum atomic E-state index is -1.01. The number of ether oxygens (including phenoxy) is 2. The molecule has 0 amide bonds. The minimum Gasteiger partial charge on any atom is -0.497 e. The van der Waals surface area contributed by atoms with Gasteiger partial charge in [0, 0.05) is 11.6 Å². The molecule has 4 nitrogen and oxygen atoms in total. The SMILES string of the molecule is COc1ccc(C(=O)O[C@H](C)C(=O)c2ccc(C)cc2)c(F)c1. The number of ketones is 1. The van der Waals surface area contributed by atoms with Crippen molar-refractivity contribution in [2.75, 3.05) is 7.11 Å². The zero-order valence-corrected chi connectivity index (χ0v) is 13.1. The van der Waals surface area contributed by atoms with Gasteiger partial charge >= 0.3 is 5.97 Å². The molecule has 120 valence electrons. The monoisotopic (exact) mass is 316 g/mol. The van der Waals surface area contributed by atoms with E-state index in [1.807, 2.05) is 6.92 Å². The van der Waals surface area contributed by atoms with Gasteiger partial charge in [-0.05, 0) is 26.0 Å². The van der Waals surface area contributed by atoms with E-state index in [1.54, 1.807) is 24.3 Å². The first-order valence-electron chi connectivity index (χ1n) is 7.07. The molecular formula is C18H17FO4. The Kier molecular flexibility index (Phi) is 5.11. The molecule has 0 aliphatic heterocycles.